The lowest BCUT2D eigenvalue weighted by Crippen LogP contribution is -1.94. The highest BCUT2D eigenvalue weighted by molar-refractivity contribution is 8.00. The topological polar surface area (TPSA) is 75.4 Å². The van der Waals surface area contributed by atoms with Crippen molar-refractivity contribution >= 4 is 23.9 Å². The van der Waals surface area contributed by atoms with Gasteiger partial charge in [-0.15, -0.1) is 0 Å². The third-order valence-electron chi connectivity index (χ3n) is 3.79. The lowest BCUT2D eigenvalue weighted by molar-refractivity contribution is -0.137. The molecule has 0 fully saturated rings. The summed E-state index contributed by atoms with van der Waals surface area (Å²) in [5.41, 5.74) is 2.19. The van der Waals surface area contributed by atoms with Crippen LogP contribution in [-0.2, 0) is 11.2 Å². The molecule has 0 aliphatic carbocycles. The third-order valence-corrected chi connectivity index (χ3v) is 4.56. The van der Waals surface area contributed by atoms with Gasteiger partial charge in [0.1, 0.15) is 5.76 Å². The number of aliphatic carboxylic acids is 1. The normalized spacial score (nSPS) is 10.8. The summed E-state index contributed by atoms with van der Waals surface area (Å²) >= 11 is 1.49. The van der Waals surface area contributed by atoms with E-state index in [0.717, 1.165) is 48.5 Å². The maximum absolute atomic E-state index is 10.5. The largest absolute Gasteiger partial charge is 0.481 e. The van der Waals surface area contributed by atoms with Gasteiger partial charge in [-0.1, -0.05) is 25.0 Å². The number of benzene rings is 1. The highest BCUT2D eigenvalue weighted by Crippen LogP contribution is 2.23. The Labute approximate surface area is 147 Å². The summed E-state index contributed by atoms with van der Waals surface area (Å²) in [6, 6.07) is 8.92. The molecule has 0 aliphatic heterocycles. The standard InChI is InChI=1S/C18H24N2O3S/c1-13-14(2)23-18(19-13)20-24-16-10-7-9-15(12-16)8-5-3-4-6-11-17(21)22/h7,9-10,12H,3-6,8,11H2,1-2H3,(H,19,20)(H,21,22). The van der Waals surface area contributed by atoms with Gasteiger partial charge in [0, 0.05) is 11.3 Å². The molecule has 2 aromatic rings. The van der Waals surface area contributed by atoms with Crippen LogP contribution in [0.25, 0.3) is 0 Å². The van der Waals surface area contributed by atoms with Gasteiger partial charge in [-0.05, 0) is 62.8 Å². The number of nitrogens with zero attached hydrogens (tertiary/aromatic N) is 1. The van der Waals surface area contributed by atoms with Gasteiger partial charge in [0.25, 0.3) is 0 Å². The second kappa shape index (κ2) is 9.37. The summed E-state index contributed by atoms with van der Waals surface area (Å²) in [6.07, 6.45) is 5.18. The molecule has 0 radical (unpaired) electrons. The van der Waals surface area contributed by atoms with Crippen molar-refractivity contribution in [3.05, 3.63) is 41.3 Å². The summed E-state index contributed by atoms with van der Waals surface area (Å²) in [6.45, 7) is 3.82. The van der Waals surface area contributed by atoms with Crippen molar-refractivity contribution in [2.75, 3.05) is 4.72 Å². The van der Waals surface area contributed by atoms with Crippen molar-refractivity contribution in [2.45, 2.75) is 57.3 Å². The number of unbranched alkanes of at least 4 members (excludes halogenated alkanes) is 3. The number of carbonyl (C=O) groups is 1. The first-order chi connectivity index (χ1) is 11.5. The minimum atomic E-state index is -0.705. The van der Waals surface area contributed by atoms with Gasteiger partial charge in [-0.25, -0.2) is 0 Å². The van der Waals surface area contributed by atoms with E-state index in [1.165, 1.54) is 17.5 Å². The lowest BCUT2D eigenvalue weighted by Gasteiger charge is -2.05. The predicted octanol–water partition coefficient (Wildman–Crippen LogP) is 4.99. The summed E-state index contributed by atoms with van der Waals surface area (Å²) in [5.74, 6) is 0.124. The molecule has 2 rings (SSSR count). The monoisotopic (exact) mass is 348 g/mol. The van der Waals surface area contributed by atoms with Gasteiger partial charge in [0.15, 0.2) is 0 Å². The lowest BCUT2D eigenvalue weighted by atomic mass is 10.1. The molecule has 0 atom stereocenters. The number of hydrogen-bond acceptors (Lipinski definition) is 5. The second-order valence-corrected chi connectivity index (χ2v) is 6.70. The van der Waals surface area contributed by atoms with Crippen molar-refractivity contribution in [1.29, 1.82) is 0 Å². The Morgan fingerprint density at radius 1 is 1.25 bits per heavy atom. The fraction of sp³-hybridized carbons (Fsp3) is 0.444. The van der Waals surface area contributed by atoms with Crippen LogP contribution in [0.4, 0.5) is 6.01 Å². The molecule has 1 heterocycles. The molecule has 0 unspecified atom stereocenters. The average Bonchev–Trinajstić information content (AvgIpc) is 2.87. The first-order valence-corrected chi connectivity index (χ1v) is 9.04. The summed E-state index contributed by atoms with van der Waals surface area (Å²) < 4.78 is 8.63. The molecule has 130 valence electrons. The van der Waals surface area contributed by atoms with Crippen LogP contribution < -0.4 is 4.72 Å². The smallest absolute Gasteiger partial charge is 0.305 e. The van der Waals surface area contributed by atoms with E-state index in [1.54, 1.807) is 0 Å². The molecule has 0 saturated heterocycles. The van der Waals surface area contributed by atoms with E-state index in [2.05, 4.69) is 34.0 Å². The Hall–Kier alpha value is -1.95. The minimum absolute atomic E-state index is 0.275. The van der Waals surface area contributed by atoms with Crippen LogP contribution in [0.15, 0.2) is 33.6 Å². The molecule has 5 nitrogen and oxygen atoms in total. The second-order valence-electron chi connectivity index (χ2n) is 5.82. The number of rotatable bonds is 10. The van der Waals surface area contributed by atoms with Gasteiger partial charge in [0.05, 0.1) is 5.69 Å². The number of carboxylic acids is 1. The van der Waals surface area contributed by atoms with Crippen molar-refractivity contribution in [3.63, 3.8) is 0 Å². The van der Waals surface area contributed by atoms with Crippen LogP contribution in [0.1, 0.15) is 49.1 Å². The quantitative estimate of drug-likeness (QED) is 0.465. The molecular weight excluding hydrogens is 324 g/mol. The maximum Gasteiger partial charge on any atom is 0.305 e. The van der Waals surface area contributed by atoms with Gasteiger partial charge >= 0.3 is 12.0 Å². The number of nitrogens with one attached hydrogen (secondary N) is 1. The van der Waals surface area contributed by atoms with Crippen LogP contribution in [0.2, 0.25) is 0 Å². The Balaban J connectivity index is 1.73. The summed E-state index contributed by atoms with van der Waals surface area (Å²) in [7, 11) is 0. The first-order valence-electron chi connectivity index (χ1n) is 8.22. The van der Waals surface area contributed by atoms with Crippen LogP contribution in [0, 0.1) is 13.8 Å². The number of hydrogen-bond donors (Lipinski definition) is 2. The van der Waals surface area contributed by atoms with E-state index >= 15 is 0 Å². The molecule has 2 N–H and O–H groups in total. The average molecular weight is 348 g/mol. The Morgan fingerprint density at radius 3 is 2.75 bits per heavy atom. The van der Waals surface area contributed by atoms with Gasteiger partial charge < -0.3 is 9.52 Å². The predicted molar refractivity (Wildman–Crippen MR) is 96.3 cm³/mol. The first kappa shape index (κ1) is 18.4. The molecule has 1 aromatic heterocycles. The Bertz CT molecular complexity index is 651. The zero-order valence-electron chi connectivity index (χ0n) is 14.2. The van der Waals surface area contributed by atoms with Crippen molar-refractivity contribution in [2.24, 2.45) is 0 Å². The highest BCUT2D eigenvalue weighted by Gasteiger charge is 2.05. The molecule has 0 aliphatic rings. The summed E-state index contributed by atoms with van der Waals surface area (Å²) in [4.78, 5) is 15.9. The van der Waals surface area contributed by atoms with Gasteiger partial charge in [0.2, 0.25) is 0 Å². The maximum atomic E-state index is 10.5. The molecule has 0 spiro atoms. The summed E-state index contributed by atoms with van der Waals surface area (Å²) in [5, 5.41) is 8.61. The SMILES string of the molecule is Cc1nc(NSc2cccc(CCCCCCC(=O)O)c2)oc1C. The van der Waals surface area contributed by atoms with Crippen molar-refractivity contribution in [3.8, 4) is 0 Å². The van der Waals surface area contributed by atoms with E-state index in [4.69, 9.17) is 9.52 Å². The van der Waals surface area contributed by atoms with Crippen molar-refractivity contribution in [1.82, 2.24) is 4.98 Å². The van der Waals surface area contributed by atoms with Crippen LogP contribution in [-0.4, -0.2) is 16.1 Å². The zero-order valence-corrected chi connectivity index (χ0v) is 15.0. The third kappa shape index (κ3) is 6.28. The Kier molecular flexibility index (Phi) is 7.18. The van der Waals surface area contributed by atoms with Gasteiger partial charge in [-0.3, -0.25) is 9.52 Å². The molecule has 1 aromatic carbocycles. The highest BCUT2D eigenvalue weighted by atomic mass is 32.2. The van der Waals surface area contributed by atoms with Crippen LogP contribution in [0.3, 0.4) is 0 Å². The van der Waals surface area contributed by atoms with Crippen LogP contribution >= 0.6 is 11.9 Å². The number of carboxylic acid groups (broad SMARTS) is 1. The molecule has 6 heteroatoms. The van der Waals surface area contributed by atoms with E-state index in [9.17, 15) is 4.79 Å². The number of aromatic nitrogens is 1. The van der Waals surface area contributed by atoms with E-state index in [0.29, 0.717) is 6.01 Å². The number of oxazole rings is 1. The number of aryl methyl sites for hydroxylation is 3. The van der Waals surface area contributed by atoms with Crippen LogP contribution in [0.5, 0.6) is 0 Å². The van der Waals surface area contributed by atoms with E-state index in [1.807, 2.05) is 13.8 Å². The fourth-order valence-corrected chi connectivity index (χ4v) is 2.99. The van der Waals surface area contributed by atoms with Gasteiger partial charge in [-0.2, -0.15) is 4.98 Å². The van der Waals surface area contributed by atoms with E-state index in [-0.39, 0.29) is 6.42 Å². The van der Waals surface area contributed by atoms with E-state index < -0.39 is 5.97 Å². The number of anilines is 1. The molecule has 0 bridgehead atoms. The molecular formula is C18H24N2O3S. The van der Waals surface area contributed by atoms with Crippen molar-refractivity contribution < 1.29 is 14.3 Å². The minimum Gasteiger partial charge on any atom is -0.481 e. The zero-order chi connectivity index (χ0) is 17.4. The fourth-order valence-electron chi connectivity index (χ4n) is 2.34. The molecule has 24 heavy (non-hydrogen) atoms. The Morgan fingerprint density at radius 2 is 2.04 bits per heavy atom. The molecule has 0 saturated carbocycles. The molecule has 0 amide bonds.